The first-order valence-corrected chi connectivity index (χ1v) is 6.00. The molecule has 3 N–H and O–H groups in total. The van der Waals surface area contributed by atoms with Gasteiger partial charge in [0, 0.05) is 25.3 Å². The van der Waals surface area contributed by atoms with E-state index in [1.165, 1.54) is 18.5 Å². The highest BCUT2D eigenvalue weighted by Gasteiger charge is 2.18. The average molecular weight is 234 g/mol. The van der Waals surface area contributed by atoms with Crippen molar-refractivity contribution < 1.29 is 9.90 Å². The number of nitrogens with two attached hydrogens (primary N) is 1. The van der Waals surface area contributed by atoms with Crippen LogP contribution in [0.25, 0.3) is 0 Å². The first-order chi connectivity index (χ1) is 8.22. The van der Waals surface area contributed by atoms with Gasteiger partial charge in [0.25, 0.3) is 0 Å². The van der Waals surface area contributed by atoms with E-state index in [0.717, 1.165) is 18.7 Å². The lowest BCUT2D eigenvalue weighted by atomic mass is 9.99. The number of hydrogen-bond donors (Lipinski definition) is 2. The summed E-state index contributed by atoms with van der Waals surface area (Å²) in [4.78, 5) is 13.3. The van der Waals surface area contributed by atoms with E-state index in [4.69, 9.17) is 10.8 Å². The van der Waals surface area contributed by atoms with Gasteiger partial charge in [0.15, 0.2) is 0 Å². The zero-order valence-corrected chi connectivity index (χ0v) is 9.80. The van der Waals surface area contributed by atoms with E-state index in [1.54, 1.807) is 0 Å². The second-order valence-electron chi connectivity index (χ2n) is 4.41. The summed E-state index contributed by atoms with van der Waals surface area (Å²) in [6.07, 6.45) is 2.48. The van der Waals surface area contributed by atoms with E-state index >= 15 is 0 Å². The number of carboxylic acid groups (broad SMARTS) is 1. The Hall–Kier alpha value is -1.55. The molecule has 92 valence electrons. The van der Waals surface area contributed by atoms with E-state index in [-0.39, 0.29) is 6.54 Å². The molecule has 1 heterocycles. The first-order valence-electron chi connectivity index (χ1n) is 6.00. The predicted octanol–water partition coefficient (Wildman–Crippen LogP) is 1.41. The molecule has 0 spiro atoms. The lowest BCUT2D eigenvalue weighted by molar-refractivity contribution is -0.138. The molecule has 17 heavy (non-hydrogen) atoms. The molecule has 1 aliphatic rings. The fraction of sp³-hybridized carbons (Fsp3) is 0.462. The van der Waals surface area contributed by atoms with Crippen LogP contribution in [0.5, 0.6) is 0 Å². The van der Waals surface area contributed by atoms with Crippen LogP contribution in [-0.2, 0) is 4.79 Å². The van der Waals surface area contributed by atoms with Crippen molar-refractivity contribution in [1.29, 1.82) is 0 Å². The van der Waals surface area contributed by atoms with Crippen molar-refractivity contribution in [2.24, 2.45) is 5.73 Å². The fourth-order valence-corrected chi connectivity index (χ4v) is 2.27. The van der Waals surface area contributed by atoms with E-state index in [9.17, 15) is 4.79 Å². The summed E-state index contributed by atoms with van der Waals surface area (Å²) in [5.41, 5.74) is 7.43. The number of benzene rings is 1. The third-order valence-corrected chi connectivity index (χ3v) is 3.30. The van der Waals surface area contributed by atoms with Crippen molar-refractivity contribution in [2.45, 2.75) is 18.8 Å². The summed E-state index contributed by atoms with van der Waals surface area (Å²) in [5, 5.41) is 9.02. The van der Waals surface area contributed by atoms with Gasteiger partial charge in [-0.3, -0.25) is 4.79 Å². The van der Waals surface area contributed by atoms with Crippen LogP contribution in [-0.4, -0.2) is 30.7 Å². The molecule has 1 aromatic rings. The fourth-order valence-electron chi connectivity index (χ4n) is 2.27. The number of carboxylic acids is 1. The van der Waals surface area contributed by atoms with Gasteiger partial charge in [-0.2, -0.15) is 0 Å². The number of hydrogen-bond acceptors (Lipinski definition) is 3. The Morgan fingerprint density at radius 1 is 1.29 bits per heavy atom. The minimum absolute atomic E-state index is 0.137. The standard InChI is InChI=1S/C13H18N2O2/c14-9-12(13(16)17)10-3-5-11(6-4-10)15-7-1-2-8-15/h3-6,12H,1-2,7-9,14H2,(H,16,17). The van der Waals surface area contributed by atoms with Gasteiger partial charge >= 0.3 is 5.97 Å². The highest BCUT2D eigenvalue weighted by atomic mass is 16.4. The molecule has 0 aromatic heterocycles. The Labute approximate surface area is 101 Å². The van der Waals surface area contributed by atoms with Gasteiger partial charge in [-0.15, -0.1) is 0 Å². The van der Waals surface area contributed by atoms with Crippen LogP contribution < -0.4 is 10.6 Å². The summed E-state index contributed by atoms with van der Waals surface area (Å²) in [7, 11) is 0. The molecule has 0 bridgehead atoms. The molecule has 0 amide bonds. The molecule has 1 atom stereocenters. The van der Waals surface area contributed by atoms with Crippen LogP contribution in [0, 0.1) is 0 Å². The molecule has 2 rings (SSSR count). The predicted molar refractivity (Wildman–Crippen MR) is 67.3 cm³/mol. The highest BCUT2D eigenvalue weighted by Crippen LogP contribution is 2.23. The largest absolute Gasteiger partial charge is 0.481 e. The van der Waals surface area contributed by atoms with Crippen molar-refractivity contribution in [3.8, 4) is 0 Å². The average Bonchev–Trinajstić information content (AvgIpc) is 2.84. The number of aliphatic carboxylic acids is 1. The molecule has 0 aliphatic carbocycles. The number of nitrogens with zero attached hydrogens (tertiary/aromatic N) is 1. The zero-order valence-electron chi connectivity index (χ0n) is 9.80. The molecule has 1 unspecified atom stereocenters. The van der Waals surface area contributed by atoms with Gasteiger partial charge in [-0.1, -0.05) is 12.1 Å². The third kappa shape index (κ3) is 2.58. The SMILES string of the molecule is NCC(C(=O)O)c1ccc(N2CCCC2)cc1. The molecule has 1 aromatic carbocycles. The van der Waals surface area contributed by atoms with Gasteiger partial charge in [-0.25, -0.2) is 0 Å². The monoisotopic (exact) mass is 234 g/mol. The summed E-state index contributed by atoms with van der Waals surface area (Å²) in [6.45, 7) is 2.33. The summed E-state index contributed by atoms with van der Waals surface area (Å²) in [6, 6.07) is 7.73. The van der Waals surface area contributed by atoms with E-state index in [1.807, 2.05) is 24.3 Å². The van der Waals surface area contributed by atoms with E-state index < -0.39 is 11.9 Å². The van der Waals surface area contributed by atoms with Gasteiger partial charge in [0.2, 0.25) is 0 Å². The zero-order chi connectivity index (χ0) is 12.3. The van der Waals surface area contributed by atoms with Crippen LogP contribution >= 0.6 is 0 Å². The molecule has 1 fully saturated rings. The molecule has 4 heteroatoms. The Balaban J connectivity index is 2.14. The van der Waals surface area contributed by atoms with E-state index in [0.29, 0.717) is 0 Å². The lowest BCUT2D eigenvalue weighted by Crippen LogP contribution is -2.21. The van der Waals surface area contributed by atoms with Crippen molar-refractivity contribution in [3.05, 3.63) is 29.8 Å². The summed E-state index contributed by atoms with van der Waals surface area (Å²) < 4.78 is 0. The highest BCUT2D eigenvalue weighted by molar-refractivity contribution is 5.76. The van der Waals surface area contributed by atoms with Crippen LogP contribution in [0.4, 0.5) is 5.69 Å². The molecular weight excluding hydrogens is 216 g/mol. The summed E-state index contributed by atoms with van der Waals surface area (Å²) in [5.74, 6) is -1.45. The Morgan fingerprint density at radius 2 is 1.88 bits per heavy atom. The van der Waals surface area contributed by atoms with Crippen molar-refractivity contribution >= 4 is 11.7 Å². The Kier molecular flexibility index (Phi) is 3.64. The maximum atomic E-state index is 11.0. The molecule has 0 radical (unpaired) electrons. The molecule has 1 aliphatic heterocycles. The van der Waals surface area contributed by atoms with Crippen molar-refractivity contribution in [3.63, 3.8) is 0 Å². The van der Waals surface area contributed by atoms with Gasteiger partial charge in [-0.05, 0) is 30.5 Å². The van der Waals surface area contributed by atoms with Gasteiger partial charge in [0.1, 0.15) is 0 Å². The number of carbonyl (C=O) groups is 1. The smallest absolute Gasteiger partial charge is 0.312 e. The first kappa shape index (κ1) is 11.9. The van der Waals surface area contributed by atoms with Gasteiger partial charge in [0.05, 0.1) is 5.92 Å². The lowest BCUT2D eigenvalue weighted by Gasteiger charge is -2.18. The second-order valence-corrected chi connectivity index (χ2v) is 4.41. The maximum absolute atomic E-state index is 11.0. The number of anilines is 1. The Bertz CT molecular complexity index is 383. The van der Waals surface area contributed by atoms with Crippen LogP contribution in [0.15, 0.2) is 24.3 Å². The third-order valence-electron chi connectivity index (χ3n) is 3.30. The number of rotatable bonds is 4. The van der Waals surface area contributed by atoms with Gasteiger partial charge < -0.3 is 15.7 Å². The van der Waals surface area contributed by atoms with Crippen LogP contribution in [0.3, 0.4) is 0 Å². The Morgan fingerprint density at radius 3 is 2.35 bits per heavy atom. The van der Waals surface area contributed by atoms with Crippen LogP contribution in [0.2, 0.25) is 0 Å². The minimum atomic E-state index is -0.860. The van der Waals surface area contributed by atoms with Crippen molar-refractivity contribution in [1.82, 2.24) is 0 Å². The van der Waals surface area contributed by atoms with Crippen LogP contribution in [0.1, 0.15) is 24.3 Å². The van der Waals surface area contributed by atoms with Crippen molar-refractivity contribution in [2.75, 3.05) is 24.5 Å². The molecule has 0 saturated carbocycles. The normalized spacial score (nSPS) is 17.1. The van der Waals surface area contributed by atoms with E-state index in [2.05, 4.69) is 4.90 Å². The topological polar surface area (TPSA) is 66.6 Å². The molecular formula is C13H18N2O2. The molecule has 1 saturated heterocycles. The summed E-state index contributed by atoms with van der Waals surface area (Å²) >= 11 is 0. The molecule has 4 nitrogen and oxygen atoms in total. The quantitative estimate of drug-likeness (QED) is 0.826. The maximum Gasteiger partial charge on any atom is 0.312 e. The minimum Gasteiger partial charge on any atom is -0.481 e. The second kappa shape index (κ2) is 5.19.